The maximum Gasteiger partial charge on any atom is 0.311 e. The van der Waals surface area contributed by atoms with Gasteiger partial charge in [-0.3, -0.25) is 9.35 Å². The predicted octanol–water partition coefficient (Wildman–Crippen LogP) is -0.0328. The standard InChI is InChI=1S/C11H12N2O12S/c14-8-1-2-9(10(4-8)26(20,21)22)25-11(15)3-7(5-23-12(16)17)6-24-13(18)19/h1-2,4,7,14H,3,5-6H2,(H,20,21,22). The zero-order valence-corrected chi connectivity index (χ0v) is 13.5. The number of ether oxygens (including phenoxy) is 1. The van der Waals surface area contributed by atoms with Crippen LogP contribution in [0.1, 0.15) is 6.42 Å². The number of aromatic hydroxyl groups is 1. The lowest BCUT2D eigenvalue weighted by Crippen LogP contribution is -2.25. The Morgan fingerprint density at radius 3 is 2.15 bits per heavy atom. The number of phenols is 1. The topological polar surface area (TPSA) is 206 Å². The van der Waals surface area contributed by atoms with Crippen LogP contribution in [-0.4, -0.2) is 47.4 Å². The quantitative estimate of drug-likeness (QED) is 0.176. The molecule has 1 rings (SSSR count). The second kappa shape index (κ2) is 8.77. The monoisotopic (exact) mass is 396 g/mol. The number of phenolic OH excluding ortho intramolecular Hbond substituents is 1. The number of hydrogen-bond acceptors (Lipinski definition) is 11. The summed E-state index contributed by atoms with van der Waals surface area (Å²) in [6.45, 7) is -1.45. The molecular weight excluding hydrogens is 384 g/mol. The molecule has 1 aromatic rings. The van der Waals surface area contributed by atoms with Crippen LogP contribution in [0.4, 0.5) is 0 Å². The number of benzene rings is 1. The Labute approximate surface area is 144 Å². The van der Waals surface area contributed by atoms with Crippen LogP contribution < -0.4 is 4.74 Å². The molecule has 0 atom stereocenters. The average molecular weight is 396 g/mol. The van der Waals surface area contributed by atoms with Crippen LogP contribution in [0.25, 0.3) is 0 Å². The third-order valence-electron chi connectivity index (χ3n) is 2.72. The number of nitrogens with zero attached hydrogens (tertiary/aromatic N) is 2. The smallest absolute Gasteiger partial charge is 0.311 e. The van der Waals surface area contributed by atoms with Crippen molar-refractivity contribution < 1.29 is 47.5 Å². The van der Waals surface area contributed by atoms with E-state index in [-0.39, 0.29) is 0 Å². The molecule has 0 fully saturated rings. The summed E-state index contributed by atoms with van der Waals surface area (Å²) >= 11 is 0. The van der Waals surface area contributed by atoms with E-state index in [4.69, 9.17) is 9.29 Å². The van der Waals surface area contributed by atoms with Crippen molar-refractivity contribution in [3.63, 3.8) is 0 Å². The van der Waals surface area contributed by atoms with Gasteiger partial charge in [0.15, 0.2) is 5.75 Å². The first-order valence-electron chi connectivity index (χ1n) is 6.55. The van der Waals surface area contributed by atoms with E-state index in [1.807, 2.05) is 0 Å². The Balaban J connectivity index is 2.87. The summed E-state index contributed by atoms with van der Waals surface area (Å²) in [5, 5.41) is 27.2. The number of carbonyl (C=O) groups is 1. The van der Waals surface area contributed by atoms with E-state index in [9.17, 15) is 38.5 Å². The second-order valence-corrected chi connectivity index (χ2v) is 6.08. The Kier molecular flexibility index (Phi) is 7.03. The van der Waals surface area contributed by atoms with Gasteiger partial charge in [-0.1, -0.05) is 0 Å². The first-order chi connectivity index (χ1) is 12.0. The Morgan fingerprint density at radius 1 is 1.15 bits per heavy atom. The van der Waals surface area contributed by atoms with Gasteiger partial charge in [0.05, 0.1) is 6.42 Å². The molecule has 0 saturated heterocycles. The third-order valence-corrected chi connectivity index (χ3v) is 3.59. The van der Waals surface area contributed by atoms with Gasteiger partial charge in [-0.15, -0.1) is 20.2 Å². The van der Waals surface area contributed by atoms with Gasteiger partial charge in [0, 0.05) is 12.0 Å². The molecule has 0 aromatic heterocycles. The van der Waals surface area contributed by atoms with Gasteiger partial charge in [-0.2, -0.15) is 8.42 Å². The number of rotatable bonds is 10. The maximum absolute atomic E-state index is 11.9. The number of esters is 1. The van der Waals surface area contributed by atoms with Gasteiger partial charge < -0.3 is 19.5 Å². The molecule has 0 aliphatic rings. The molecule has 0 radical (unpaired) electrons. The van der Waals surface area contributed by atoms with Gasteiger partial charge in [-0.05, 0) is 12.1 Å². The van der Waals surface area contributed by atoms with Crippen molar-refractivity contribution in [2.24, 2.45) is 5.92 Å². The van der Waals surface area contributed by atoms with E-state index < -0.39 is 68.2 Å². The van der Waals surface area contributed by atoms with Crippen LogP contribution in [0.5, 0.6) is 11.5 Å². The molecule has 0 bridgehead atoms. The van der Waals surface area contributed by atoms with E-state index in [2.05, 4.69) is 9.68 Å². The highest BCUT2D eigenvalue weighted by molar-refractivity contribution is 7.86. The van der Waals surface area contributed by atoms with Crippen LogP contribution in [-0.2, 0) is 24.6 Å². The molecule has 0 spiro atoms. The highest BCUT2D eigenvalue weighted by atomic mass is 32.2. The molecule has 14 nitrogen and oxygen atoms in total. The van der Waals surface area contributed by atoms with Crippen molar-refractivity contribution in [1.82, 2.24) is 0 Å². The minimum absolute atomic E-state index is 0.533. The van der Waals surface area contributed by atoms with Crippen molar-refractivity contribution in [1.29, 1.82) is 0 Å². The highest BCUT2D eigenvalue weighted by Gasteiger charge is 2.23. The minimum atomic E-state index is -4.84. The molecule has 0 heterocycles. The molecule has 15 heteroatoms. The zero-order chi connectivity index (χ0) is 19.9. The molecule has 0 unspecified atom stereocenters. The molecule has 2 N–H and O–H groups in total. The average Bonchev–Trinajstić information content (AvgIpc) is 2.50. The Bertz CT molecular complexity index is 774. The molecule has 0 aliphatic heterocycles. The lowest BCUT2D eigenvalue weighted by Gasteiger charge is -2.14. The van der Waals surface area contributed by atoms with E-state index in [0.29, 0.717) is 6.07 Å². The molecule has 0 aliphatic carbocycles. The predicted molar refractivity (Wildman–Crippen MR) is 77.6 cm³/mol. The van der Waals surface area contributed by atoms with E-state index >= 15 is 0 Å². The van der Waals surface area contributed by atoms with Crippen LogP contribution >= 0.6 is 0 Å². The van der Waals surface area contributed by atoms with E-state index in [1.165, 1.54) is 0 Å². The first-order valence-corrected chi connectivity index (χ1v) is 7.99. The summed E-state index contributed by atoms with van der Waals surface area (Å²) in [4.78, 5) is 39.4. The van der Waals surface area contributed by atoms with Crippen LogP contribution in [0, 0.1) is 26.1 Å². The summed E-state index contributed by atoms with van der Waals surface area (Å²) in [5.41, 5.74) is 0. The fourth-order valence-corrected chi connectivity index (χ4v) is 2.31. The van der Waals surface area contributed by atoms with Crippen LogP contribution in [0.3, 0.4) is 0 Å². The van der Waals surface area contributed by atoms with Crippen molar-refractivity contribution >= 4 is 16.1 Å². The van der Waals surface area contributed by atoms with E-state index in [0.717, 1.165) is 12.1 Å². The fourth-order valence-electron chi connectivity index (χ4n) is 1.68. The molecule has 26 heavy (non-hydrogen) atoms. The summed E-state index contributed by atoms with van der Waals surface area (Å²) in [6, 6.07) is 2.48. The molecule has 0 saturated carbocycles. The van der Waals surface area contributed by atoms with Gasteiger partial charge in [0.2, 0.25) is 0 Å². The zero-order valence-electron chi connectivity index (χ0n) is 12.7. The van der Waals surface area contributed by atoms with Gasteiger partial charge in [0.1, 0.15) is 23.9 Å². The van der Waals surface area contributed by atoms with E-state index in [1.54, 1.807) is 0 Å². The van der Waals surface area contributed by atoms with Crippen molar-refractivity contribution in [2.45, 2.75) is 11.3 Å². The Morgan fingerprint density at radius 2 is 1.69 bits per heavy atom. The SMILES string of the molecule is O=C(CC(CO[N+](=O)[O-])CO[N+](=O)[O-])Oc1ccc(O)cc1S(=O)(=O)O. The minimum Gasteiger partial charge on any atom is -0.508 e. The van der Waals surface area contributed by atoms with Crippen LogP contribution in [0.2, 0.25) is 0 Å². The fraction of sp³-hybridized carbons (Fsp3) is 0.364. The van der Waals surface area contributed by atoms with Gasteiger partial charge >= 0.3 is 5.97 Å². The van der Waals surface area contributed by atoms with Crippen LogP contribution in [0.15, 0.2) is 23.1 Å². The molecule has 144 valence electrons. The molecular formula is C11H12N2O12S. The maximum atomic E-state index is 11.9. The van der Waals surface area contributed by atoms with Crippen molar-refractivity contribution in [2.75, 3.05) is 13.2 Å². The third kappa shape index (κ3) is 7.14. The summed E-state index contributed by atoms with van der Waals surface area (Å²) < 4.78 is 36.2. The lowest BCUT2D eigenvalue weighted by atomic mass is 10.1. The summed E-state index contributed by atoms with van der Waals surface area (Å²) in [5.74, 6) is -3.47. The lowest BCUT2D eigenvalue weighted by molar-refractivity contribution is -0.768. The summed E-state index contributed by atoms with van der Waals surface area (Å²) in [7, 11) is -4.84. The van der Waals surface area contributed by atoms with Gasteiger partial charge in [-0.25, -0.2) is 0 Å². The molecule has 0 amide bonds. The first kappa shape index (κ1) is 20.8. The van der Waals surface area contributed by atoms with Crippen molar-refractivity contribution in [3.8, 4) is 11.5 Å². The van der Waals surface area contributed by atoms with Crippen molar-refractivity contribution in [3.05, 3.63) is 38.4 Å². The normalized spacial score (nSPS) is 11.0. The highest BCUT2D eigenvalue weighted by Crippen LogP contribution is 2.28. The summed E-state index contributed by atoms with van der Waals surface area (Å²) in [6.07, 6.45) is -0.673. The Hall–Kier alpha value is -3.20. The largest absolute Gasteiger partial charge is 0.508 e. The van der Waals surface area contributed by atoms with Gasteiger partial charge in [0.25, 0.3) is 20.3 Å². The molecule has 1 aromatic carbocycles. The number of hydrogen-bond donors (Lipinski definition) is 2. The second-order valence-electron chi connectivity index (χ2n) is 4.69. The number of carbonyl (C=O) groups excluding carboxylic acids is 1.